The minimum atomic E-state index is -3.10. The van der Waals surface area contributed by atoms with Crippen LogP contribution in [-0.4, -0.2) is 44.5 Å². The second-order valence-electron chi connectivity index (χ2n) is 8.06. The van der Waals surface area contributed by atoms with Crippen LogP contribution in [0.15, 0.2) is 18.5 Å². The molecule has 0 aromatic carbocycles. The highest BCUT2D eigenvalue weighted by Gasteiger charge is 2.38. The highest BCUT2D eigenvalue weighted by molar-refractivity contribution is 7.91. The van der Waals surface area contributed by atoms with Gasteiger partial charge in [0.25, 0.3) is 0 Å². The van der Waals surface area contributed by atoms with E-state index in [2.05, 4.69) is 37.6 Å². The number of nitrogens with one attached hydrogen (secondary N) is 1. The molecule has 3 heterocycles. The molecule has 0 radical (unpaired) electrons. The summed E-state index contributed by atoms with van der Waals surface area (Å²) in [7, 11) is -3.10. The van der Waals surface area contributed by atoms with Crippen molar-refractivity contribution in [2.45, 2.75) is 51.4 Å². The number of H-pyrrole nitrogens is 1. The van der Waals surface area contributed by atoms with Crippen LogP contribution in [0, 0.1) is 23.2 Å². The molecule has 3 aromatic heterocycles. The van der Waals surface area contributed by atoms with Gasteiger partial charge < -0.3 is 4.98 Å². The molecule has 0 amide bonds. The Morgan fingerprint density at radius 1 is 1.31 bits per heavy atom. The molecular weight excluding hydrogens is 388 g/mol. The molecule has 8 nitrogen and oxygen atoms in total. The number of aromatic amines is 1. The number of sulfone groups is 1. The Morgan fingerprint density at radius 2 is 2.17 bits per heavy atom. The summed E-state index contributed by atoms with van der Waals surface area (Å²) in [6.07, 6.45) is 7.90. The van der Waals surface area contributed by atoms with E-state index < -0.39 is 9.84 Å². The average molecular weight is 415 g/mol. The van der Waals surface area contributed by atoms with E-state index >= 15 is 0 Å². The van der Waals surface area contributed by atoms with Crippen molar-refractivity contribution in [1.29, 1.82) is 5.26 Å². The summed E-state index contributed by atoms with van der Waals surface area (Å²) < 4.78 is 27.2. The maximum Gasteiger partial charge on any atom is 0.179 e. The Morgan fingerprint density at radius 3 is 2.97 bits per heavy atom. The summed E-state index contributed by atoms with van der Waals surface area (Å²) in [5.41, 5.74) is 2.46. The summed E-state index contributed by atoms with van der Waals surface area (Å²) >= 11 is 0. The number of nitrogens with zero attached hydrogens (tertiary/aromatic N) is 5. The normalized spacial score (nSPS) is 22.4. The molecule has 1 N–H and O–H groups in total. The van der Waals surface area contributed by atoms with Gasteiger partial charge in [0, 0.05) is 18.5 Å². The molecule has 3 aromatic rings. The molecule has 1 aliphatic rings. The molecule has 0 aliphatic heterocycles. The van der Waals surface area contributed by atoms with Crippen LogP contribution in [0.5, 0.6) is 0 Å². The smallest absolute Gasteiger partial charge is 0.179 e. The lowest BCUT2D eigenvalue weighted by Crippen LogP contribution is -2.17. The number of aromatic nitrogens is 5. The SMILES string of the molecule is CC[C@@H]1C[C@H](CS(=O)(=O)CCCCC#N)C[C@@H]1c1nnc2cnc3[nH]ccc3n12. The van der Waals surface area contributed by atoms with Gasteiger partial charge in [-0.15, -0.1) is 10.2 Å². The van der Waals surface area contributed by atoms with Gasteiger partial charge in [-0.1, -0.05) is 13.3 Å². The van der Waals surface area contributed by atoms with Gasteiger partial charge in [0.05, 0.1) is 29.3 Å². The molecule has 9 heteroatoms. The van der Waals surface area contributed by atoms with Gasteiger partial charge >= 0.3 is 0 Å². The van der Waals surface area contributed by atoms with Crippen LogP contribution in [0.25, 0.3) is 16.8 Å². The molecule has 1 saturated carbocycles. The van der Waals surface area contributed by atoms with Crippen molar-refractivity contribution < 1.29 is 8.42 Å². The summed E-state index contributed by atoms with van der Waals surface area (Å²) in [4.78, 5) is 7.50. The van der Waals surface area contributed by atoms with Gasteiger partial charge in [-0.25, -0.2) is 13.4 Å². The van der Waals surface area contributed by atoms with E-state index in [9.17, 15) is 8.42 Å². The summed E-state index contributed by atoms with van der Waals surface area (Å²) in [6.45, 7) is 2.16. The summed E-state index contributed by atoms with van der Waals surface area (Å²) in [5, 5.41) is 17.4. The van der Waals surface area contributed by atoms with Crippen molar-refractivity contribution in [3.63, 3.8) is 0 Å². The monoisotopic (exact) mass is 414 g/mol. The third kappa shape index (κ3) is 3.99. The Bertz CT molecular complexity index is 1140. The predicted octanol–water partition coefficient (Wildman–Crippen LogP) is 3.23. The van der Waals surface area contributed by atoms with Crippen molar-refractivity contribution in [3.05, 3.63) is 24.3 Å². The molecule has 1 aliphatic carbocycles. The lowest BCUT2D eigenvalue weighted by molar-refractivity contribution is 0.447. The predicted molar refractivity (Wildman–Crippen MR) is 110 cm³/mol. The van der Waals surface area contributed by atoms with E-state index in [1.165, 1.54) is 0 Å². The van der Waals surface area contributed by atoms with Crippen molar-refractivity contribution in [3.8, 4) is 6.07 Å². The van der Waals surface area contributed by atoms with Crippen LogP contribution in [-0.2, 0) is 9.84 Å². The fourth-order valence-electron chi connectivity index (χ4n) is 4.75. The van der Waals surface area contributed by atoms with Gasteiger partial charge in [0.1, 0.15) is 5.82 Å². The van der Waals surface area contributed by atoms with Gasteiger partial charge in [0.15, 0.2) is 21.1 Å². The number of hydrogen-bond acceptors (Lipinski definition) is 6. The van der Waals surface area contributed by atoms with Gasteiger partial charge in [-0.3, -0.25) is 4.40 Å². The highest BCUT2D eigenvalue weighted by Crippen LogP contribution is 2.45. The lowest BCUT2D eigenvalue weighted by atomic mass is 9.93. The molecule has 3 atom stereocenters. The zero-order chi connectivity index (χ0) is 20.4. The number of rotatable bonds is 8. The first kappa shape index (κ1) is 19.8. The van der Waals surface area contributed by atoms with E-state index in [0.717, 1.165) is 41.9 Å². The molecule has 0 saturated heterocycles. The van der Waals surface area contributed by atoms with Gasteiger partial charge in [-0.2, -0.15) is 5.26 Å². The third-order valence-corrected chi connectivity index (χ3v) is 7.99. The fraction of sp³-hybridized carbons (Fsp3) is 0.600. The molecule has 1 fully saturated rings. The summed E-state index contributed by atoms with van der Waals surface area (Å²) in [6, 6.07) is 4.04. The van der Waals surface area contributed by atoms with Crippen LogP contribution in [0.1, 0.15) is 57.2 Å². The minimum Gasteiger partial charge on any atom is -0.345 e. The van der Waals surface area contributed by atoms with Gasteiger partial charge in [-0.05, 0) is 43.6 Å². The maximum atomic E-state index is 12.6. The standard InChI is InChI=1S/C20H26N6O2S/c1-2-15-10-14(13-29(27,28)9-5-3-4-7-21)11-16(15)20-25-24-18-12-23-19-17(26(18)20)6-8-22-19/h6,8,12,14-16,22H,2-5,9-11,13H2,1H3/t14-,15+,16-/m0/s1. The van der Waals surface area contributed by atoms with Crippen LogP contribution in [0.2, 0.25) is 0 Å². The summed E-state index contributed by atoms with van der Waals surface area (Å²) in [5.74, 6) is 2.04. The third-order valence-electron chi connectivity index (χ3n) is 6.10. The van der Waals surface area contributed by atoms with E-state index in [0.29, 0.717) is 25.2 Å². The van der Waals surface area contributed by atoms with Crippen molar-refractivity contribution in [1.82, 2.24) is 24.6 Å². The van der Waals surface area contributed by atoms with E-state index in [4.69, 9.17) is 5.26 Å². The first-order valence-corrected chi connectivity index (χ1v) is 12.1. The van der Waals surface area contributed by atoms with Crippen molar-refractivity contribution in [2.75, 3.05) is 11.5 Å². The van der Waals surface area contributed by atoms with E-state index in [1.54, 1.807) is 6.20 Å². The molecule has 154 valence electrons. The fourth-order valence-corrected chi connectivity index (χ4v) is 6.55. The second kappa shape index (κ2) is 8.11. The van der Waals surface area contributed by atoms with E-state index in [-0.39, 0.29) is 23.3 Å². The number of hydrogen-bond donors (Lipinski definition) is 1. The number of fused-ring (bicyclic) bond motifs is 3. The Balaban J connectivity index is 1.54. The first-order valence-electron chi connectivity index (χ1n) is 10.3. The number of unbranched alkanes of at least 4 members (excludes halogenated alkanes) is 2. The molecule has 29 heavy (non-hydrogen) atoms. The van der Waals surface area contributed by atoms with Crippen molar-refractivity contribution >= 4 is 26.6 Å². The van der Waals surface area contributed by atoms with Crippen molar-refractivity contribution in [2.24, 2.45) is 11.8 Å². The van der Waals surface area contributed by atoms with Crippen LogP contribution in [0.4, 0.5) is 0 Å². The molecule has 4 rings (SSSR count). The molecule has 0 bridgehead atoms. The first-order chi connectivity index (χ1) is 14.0. The number of nitriles is 1. The quantitative estimate of drug-likeness (QED) is 0.566. The Hall–Kier alpha value is -2.47. The zero-order valence-electron chi connectivity index (χ0n) is 16.6. The largest absolute Gasteiger partial charge is 0.345 e. The Kier molecular flexibility index (Phi) is 5.54. The highest BCUT2D eigenvalue weighted by atomic mass is 32.2. The maximum absolute atomic E-state index is 12.6. The zero-order valence-corrected chi connectivity index (χ0v) is 17.4. The van der Waals surface area contributed by atoms with Crippen LogP contribution >= 0.6 is 0 Å². The van der Waals surface area contributed by atoms with E-state index in [1.807, 2.05) is 12.3 Å². The minimum absolute atomic E-state index is 0.141. The molecule has 0 unspecified atom stereocenters. The molecule has 0 spiro atoms. The van der Waals surface area contributed by atoms with Gasteiger partial charge in [0.2, 0.25) is 0 Å². The lowest BCUT2D eigenvalue weighted by Gasteiger charge is -2.16. The molecular formula is C20H26N6O2S. The Labute approximate surface area is 170 Å². The van der Waals surface area contributed by atoms with Crippen LogP contribution < -0.4 is 0 Å². The van der Waals surface area contributed by atoms with Crippen LogP contribution in [0.3, 0.4) is 0 Å². The average Bonchev–Trinajstić information content (AvgIpc) is 3.41. The second-order valence-corrected chi connectivity index (χ2v) is 10.3. The topological polar surface area (TPSA) is 117 Å².